The zero-order valence-corrected chi connectivity index (χ0v) is 20.5. The largest absolute Gasteiger partial charge is 0.456 e. The molecule has 1 atom stereocenters. The molecule has 0 radical (unpaired) electrons. The molecule has 33 heavy (non-hydrogen) atoms. The molecule has 2 aromatic carbocycles. The third-order valence-electron chi connectivity index (χ3n) is 6.26. The molecule has 2 aliphatic heterocycles. The van der Waals surface area contributed by atoms with Gasteiger partial charge in [-0.15, -0.1) is 0 Å². The van der Waals surface area contributed by atoms with Gasteiger partial charge in [0.05, 0.1) is 6.20 Å². The third-order valence-corrected chi connectivity index (χ3v) is 8.54. The lowest BCUT2D eigenvalue weighted by Crippen LogP contribution is -2.36. The Hall–Kier alpha value is -2.62. The number of para-hydroxylation sites is 1. The van der Waals surface area contributed by atoms with Gasteiger partial charge < -0.3 is 14.5 Å². The first-order valence-electron chi connectivity index (χ1n) is 10.4. The first-order valence-corrected chi connectivity index (χ1v) is 13.5. The molecular weight excluding hydrogens is 482 g/mol. The Balaban J connectivity index is 1.57. The van der Waals surface area contributed by atoms with Crippen molar-refractivity contribution in [3.8, 4) is 11.5 Å². The Bertz CT molecular complexity index is 1360. The highest BCUT2D eigenvalue weighted by Gasteiger charge is 2.49. The van der Waals surface area contributed by atoms with Gasteiger partial charge in [0, 0.05) is 43.9 Å². The topological polar surface area (TPSA) is 79.8 Å². The van der Waals surface area contributed by atoms with Crippen LogP contribution in [0.5, 0.6) is 11.5 Å². The fourth-order valence-corrected chi connectivity index (χ4v) is 6.43. The van der Waals surface area contributed by atoms with Crippen LogP contribution in [0.15, 0.2) is 53.6 Å². The van der Waals surface area contributed by atoms with Gasteiger partial charge in [0.1, 0.15) is 20.7 Å². The molecule has 1 spiro atoms. The van der Waals surface area contributed by atoms with Crippen molar-refractivity contribution in [2.24, 2.45) is 0 Å². The number of rotatable bonds is 4. The van der Waals surface area contributed by atoms with Crippen molar-refractivity contribution >= 4 is 49.5 Å². The van der Waals surface area contributed by atoms with E-state index < -0.39 is 9.84 Å². The molecule has 0 bridgehead atoms. The summed E-state index contributed by atoms with van der Waals surface area (Å²) in [7, 11) is -3.44. The number of nitrogens with zero attached hydrogens (tertiary/aromatic N) is 3. The van der Waals surface area contributed by atoms with E-state index in [1.807, 2.05) is 23.1 Å². The number of thiazole rings is 1. The Morgan fingerprint density at radius 2 is 2.00 bits per heavy atom. The minimum absolute atomic E-state index is 0.0543. The minimum Gasteiger partial charge on any atom is -0.456 e. The van der Waals surface area contributed by atoms with Crippen LogP contribution in [0.1, 0.15) is 18.9 Å². The molecule has 3 aromatic rings. The molecular formula is C23H22ClN3O4S2. The van der Waals surface area contributed by atoms with Gasteiger partial charge in [0.25, 0.3) is 0 Å². The van der Waals surface area contributed by atoms with Gasteiger partial charge in [-0.1, -0.05) is 35.1 Å². The highest BCUT2D eigenvalue weighted by Crippen LogP contribution is 2.51. The fourth-order valence-electron chi connectivity index (χ4n) is 4.71. The average Bonchev–Trinajstić information content (AvgIpc) is 3.46. The molecule has 7 nitrogen and oxygen atoms in total. The molecule has 5 rings (SSSR count). The monoisotopic (exact) mass is 503 g/mol. The SMILES string of the molecule is CC(=O)N1CCC2(C1)CN(c1ncc(Cl)s1)c1ccc(Oc3ccccc3S(C)(=O)=O)cc12. The average molecular weight is 504 g/mol. The van der Waals surface area contributed by atoms with E-state index in [0.717, 1.165) is 22.8 Å². The van der Waals surface area contributed by atoms with Crippen LogP contribution in [-0.2, 0) is 20.0 Å². The van der Waals surface area contributed by atoms with E-state index in [2.05, 4.69) is 9.88 Å². The quantitative estimate of drug-likeness (QED) is 0.516. The second kappa shape index (κ2) is 8.00. The normalized spacial score (nSPS) is 19.8. The summed E-state index contributed by atoms with van der Waals surface area (Å²) in [6, 6.07) is 12.4. The number of anilines is 2. The molecule has 1 unspecified atom stereocenters. The standard InChI is InChI=1S/C23H22ClN3O4S2/c1-15(28)26-10-9-23(13-26)14-27(22-25-12-21(24)32-22)18-8-7-16(11-17(18)23)31-19-5-3-4-6-20(19)33(2,29)30/h3-8,11-12H,9-10,13-14H2,1-2H3. The summed E-state index contributed by atoms with van der Waals surface area (Å²) in [6.45, 7) is 3.56. The second-order valence-corrected chi connectivity index (χ2v) is 12.1. The zero-order valence-electron chi connectivity index (χ0n) is 18.1. The summed E-state index contributed by atoms with van der Waals surface area (Å²) in [5.74, 6) is 0.885. The van der Waals surface area contributed by atoms with Crippen LogP contribution in [0.25, 0.3) is 0 Å². The summed E-state index contributed by atoms with van der Waals surface area (Å²) in [5, 5.41) is 0.801. The van der Waals surface area contributed by atoms with E-state index in [0.29, 0.717) is 29.7 Å². The van der Waals surface area contributed by atoms with Crippen molar-refractivity contribution in [2.75, 3.05) is 30.8 Å². The number of sulfone groups is 1. The van der Waals surface area contributed by atoms with Gasteiger partial charge in [-0.25, -0.2) is 13.4 Å². The highest BCUT2D eigenvalue weighted by molar-refractivity contribution is 7.90. The van der Waals surface area contributed by atoms with Crippen molar-refractivity contribution in [3.05, 3.63) is 58.6 Å². The fraction of sp³-hybridized carbons (Fsp3) is 0.304. The number of ether oxygens (including phenoxy) is 1. The van der Waals surface area contributed by atoms with E-state index in [4.69, 9.17) is 16.3 Å². The molecule has 1 fully saturated rings. The van der Waals surface area contributed by atoms with E-state index in [1.54, 1.807) is 31.3 Å². The number of amides is 1. The molecule has 1 aromatic heterocycles. The van der Waals surface area contributed by atoms with Crippen LogP contribution in [-0.4, -0.2) is 50.1 Å². The van der Waals surface area contributed by atoms with Gasteiger partial charge in [0.2, 0.25) is 5.91 Å². The van der Waals surface area contributed by atoms with E-state index >= 15 is 0 Å². The predicted molar refractivity (Wildman–Crippen MR) is 129 cm³/mol. The Morgan fingerprint density at radius 3 is 2.67 bits per heavy atom. The molecule has 10 heteroatoms. The number of fused-ring (bicyclic) bond motifs is 2. The lowest BCUT2D eigenvalue weighted by molar-refractivity contribution is -0.127. The lowest BCUT2D eigenvalue weighted by Gasteiger charge is -2.25. The first-order chi connectivity index (χ1) is 15.7. The van der Waals surface area contributed by atoms with E-state index in [9.17, 15) is 13.2 Å². The summed E-state index contributed by atoms with van der Waals surface area (Å²) in [6.07, 6.45) is 3.62. The maximum Gasteiger partial charge on any atom is 0.219 e. The van der Waals surface area contributed by atoms with Gasteiger partial charge in [-0.3, -0.25) is 4.79 Å². The smallest absolute Gasteiger partial charge is 0.219 e. The molecule has 3 heterocycles. The number of benzene rings is 2. The maximum absolute atomic E-state index is 12.2. The minimum atomic E-state index is -3.44. The number of carbonyl (C=O) groups is 1. The van der Waals surface area contributed by atoms with Gasteiger partial charge in [-0.05, 0) is 42.3 Å². The number of hydrogen-bond acceptors (Lipinski definition) is 7. The number of halogens is 1. The van der Waals surface area contributed by atoms with Gasteiger partial charge in [-0.2, -0.15) is 0 Å². The van der Waals surface area contributed by atoms with Gasteiger partial charge in [0.15, 0.2) is 15.0 Å². The van der Waals surface area contributed by atoms with Crippen LogP contribution in [0.4, 0.5) is 10.8 Å². The summed E-state index contributed by atoms with van der Waals surface area (Å²) >= 11 is 7.57. The summed E-state index contributed by atoms with van der Waals surface area (Å²) in [5.41, 5.74) is 1.79. The Kier molecular flexibility index (Phi) is 5.38. The molecule has 172 valence electrons. The highest BCUT2D eigenvalue weighted by atomic mass is 35.5. The molecule has 1 saturated heterocycles. The van der Waals surface area contributed by atoms with Crippen molar-refractivity contribution in [3.63, 3.8) is 0 Å². The Labute approximate surface area is 201 Å². The zero-order chi connectivity index (χ0) is 23.4. The number of hydrogen-bond donors (Lipinski definition) is 0. The van der Waals surface area contributed by atoms with E-state index in [-0.39, 0.29) is 22.0 Å². The summed E-state index contributed by atoms with van der Waals surface area (Å²) in [4.78, 5) is 20.7. The second-order valence-electron chi connectivity index (χ2n) is 8.50. The Morgan fingerprint density at radius 1 is 1.21 bits per heavy atom. The maximum atomic E-state index is 12.2. The van der Waals surface area contributed by atoms with Crippen molar-refractivity contribution in [1.82, 2.24) is 9.88 Å². The van der Waals surface area contributed by atoms with Crippen LogP contribution in [0.3, 0.4) is 0 Å². The molecule has 1 amide bonds. The van der Waals surface area contributed by atoms with Crippen LogP contribution in [0.2, 0.25) is 4.34 Å². The van der Waals surface area contributed by atoms with Crippen LogP contribution in [0, 0.1) is 0 Å². The van der Waals surface area contributed by atoms with Crippen LogP contribution >= 0.6 is 22.9 Å². The molecule has 2 aliphatic rings. The van der Waals surface area contributed by atoms with Crippen LogP contribution < -0.4 is 9.64 Å². The van der Waals surface area contributed by atoms with E-state index in [1.165, 1.54) is 23.7 Å². The molecule has 0 aliphatic carbocycles. The van der Waals surface area contributed by atoms with Crippen molar-refractivity contribution < 1.29 is 17.9 Å². The lowest BCUT2D eigenvalue weighted by atomic mass is 9.81. The molecule has 0 saturated carbocycles. The third kappa shape index (κ3) is 3.98. The van der Waals surface area contributed by atoms with Gasteiger partial charge >= 0.3 is 0 Å². The first kappa shape index (κ1) is 22.2. The number of carbonyl (C=O) groups excluding carboxylic acids is 1. The molecule has 0 N–H and O–H groups in total. The number of likely N-dealkylation sites (tertiary alicyclic amines) is 1. The number of aromatic nitrogens is 1. The summed E-state index contributed by atoms with van der Waals surface area (Å²) < 4.78 is 31.1. The van der Waals surface area contributed by atoms with Crippen molar-refractivity contribution in [2.45, 2.75) is 23.7 Å². The van der Waals surface area contributed by atoms with Crippen molar-refractivity contribution in [1.29, 1.82) is 0 Å². The predicted octanol–water partition coefficient (Wildman–Crippen LogP) is 4.63.